The molecule has 6 aromatic carbocycles. The van der Waals surface area contributed by atoms with Gasteiger partial charge in [-0.2, -0.15) is 0 Å². The van der Waals surface area contributed by atoms with E-state index in [-0.39, 0.29) is 5.41 Å². The van der Waals surface area contributed by atoms with Gasteiger partial charge in [-0.1, -0.05) is 123 Å². The maximum Gasteiger partial charge on any atom is 0.494 e. The molecule has 3 aliphatic carbocycles. The molecule has 6 aromatic rings. The Morgan fingerprint density at radius 2 is 0.655 bits per heavy atom. The molecule has 0 unspecified atom stereocenters. The first-order chi connectivity index (χ1) is 27.5. The highest BCUT2D eigenvalue weighted by Crippen LogP contribution is 2.63. The van der Waals surface area contributed by atoms with Gasteiger partial charge in [-0.15, -0.1) is 0 Å². The van der Waals surface area contributed by atoms with Crippen LogP contribution in [0.4, 0.5) is 0 Å². The molecule has 0 radical (unpaired) electrons. The van der Waals surface area contributed by atoms with Gasteiger partial charge in [0.25, 0.3) is 0 Å². The summed E-state index contributed by atoms with van der Waals surface area (Å²) in [5.41, 5.74) is 16.9. The maximum absolute atomic E-state index is 6.79. The number of hydrogen-bond donors (Lipinski definition) is 0. The van der Waals surface area contributed by atoms with E-state index in [1.165, 1.54) is 77.9 Å². The highest BCUT2D eigenvalue weighted by molar-refractivity contribution is 6.62. The van der Waals surface area contributed by atoms with Gasteiger partial charge in [0.15, 0.2) is 0 Å². The average molecular weight is 761 g/mol. The molecule has 6 heteroatoms. The summed E-state index contributed by atoms with van der Waals surface area (Å²) in [4.78, 5) is 0. The molecule has 1 spiro atoms. The van der Waals surface area contributed by atoms with E-state index in [1.807, 2.05) is 0 Å². The third kappa shape index (κ3) is 4.58. The van der Waals surface area contributed by atoms with Crippen molar-refractivity contribution in [3.63, 3.8) is 0 Å². The fraction of sp³-hybridized carbons (Fsp3) is 0.308. The monoisotopic (exact) mass is 760 g/mol. The second kappa shape index (κ2) is 11.5. The molecule has 0 saturated carbocycles. The van der Waals surface area contributed by atoms with Crippen molar-refractivity contribution < 1.29 is 18.6 Å². The SMILES string of the molecule is CC1(C)c2ccccc2-c2cc3c(cc21)-c1ccccc1C31c2cc(B3OC(C)(C)C(C)(C)O3)ccc2-c2ccccc2-c2ccc(B3OC(C)(C)C(C)(C)O3)cc21. The molecule has 2 aliphatic heterocycles. The Hall–Kier alpha value is -4.71. The van der Waals surface area contributed by atoms with Gasteiger partial charge in [-0.05, 0) is 156 Å². The number of hydrogen-bond acceptors (Lipinski definition) is 4. The van der Waals surface area contributed by atoms with Crippen LogP contribution >= 0.6 is 0 Å². The van der Waals surface area contributed by atoms with Crippen LogP contribution in [0.25, 0.3) is 44.5 Å². The zero-order chi connectivity index (χ0) is 40.4. The van der Waals surface area contributed by atoms with Gasteiger partial charge in [0.2, 0.25) is 0 Å². The molecule has 2 fully saturated rings. The van der Waals surface area contributed by atoms with E-state index in [0.717, 1.165) is 10.9 Å². The van der Waals surface area contributed by atoms with E-state index in [4.69, 9.17) is 18.6 Å². The Kier molecular flexibility index (Phi) is 7.22. The first-order valence-electron chi connectivity index (χ1n) is 20.9. The summed E-state index contributed by atoms with van der Waals surface area (Å²) in [5, 5.41) is 0. The molecule has 5 aliphatic rings. The van der Waals surface area contributed by atoms with Gasteiger partial charge < -0.3 is 18.6 Å². The number of rotatable bonds is 2. The van der Waals surface area contributed by atoms with Crippen LogP contribution in [-0.4, -0.2) is 36.6 Å². The quantitative estimate of drug-likeness (QED) is 0.165. The van der Waals surface area contributed by atoms with Crippen molar-refractivity contribution >= 4 is 25.2 Å². The van der Waals surface area contributed by atoms with Crippen molar-refractivity contribution in [1.82, 2.24) is 0 Å². The van der Waals surface area contributed by atoms with Crippen molar-refractivity contribution in [3.05, 3.63) is 155 Å². The molecule has 0 bridgehead atoms. The van der Waals surface area contributed by atoms with E-state index in [0.29, 0.717) is 0 Å². The van der Waals surface area contributed by atoms with Gasteiger partial charge in [0.05, 0.1) is 27.8 Å². The van der Waals surface area contributed by atoms with Crippen molar-refractivity contribution in [2.75, 3.05) is 0 Å². The minimum absolute atomic E-state index is 0.144. The zero-order valence-electron chi connectivity index (χ0n) is 35.3. The standard InChI is InChI=1S/C52H50B2O4/c1-47(2)41-21-15-13-19-35(41)39-30-46-40(29-43(39)47)36-20-14-16-22-42(36)52(46)44-27-31(53-55-48(3,4)49(5,6)56-53)23-25-37(44)33-17-11-12-18-34(33)38-26-24-32(28-45(38)52)54-57-50(7,8)51(9,10)58-54/h11-30H,1-10H3. The van der Waals surface area contributed by atoms with Crippen LogP contribution in [0.5, 0.6) is 0 Å². The van der Waals surface area contributed by atoms with E-state index in [9.17, 15) is 0 Å². The van der Waals surface area contributed by atoms with Gasteiger partial charge in [0, 0.05) is 5.41 Å². The summed E-state index contributed by atoms with van der Waals surface area (Å²) in [7, 11) is -1.05. The summed E-state index contributed by atoms with van der Waals surface area (Å²) in [6, 6.07) is 46.0. The van der Waals surface area contributed by atoms with Crippen molar-refractivity contribution in [3.8, 4) is 44.5 Å². The molecule has 11 rings (SSSR count). The van der Waals surface area contributed by atoms with E-state index in [2.05, 4.69) is 191 Å². The van der Waals surface area contributed by atoms with Crippen molar-refractivity contribution in [2.24, 2.45) is 0 Å². The third-order valence-corrected chi connectivity index (χ3v) is 15.2. The first kappa shape index (κ1) is 36.4. The summed E-state index contributed by atoms with van der Waals surface area (Å²) in [6.45, 7) is 21.8. The van der Waals surface area contributed by atoms with Crippen LogP contribution in [-0.2, 0) is 29.4 Å². The molecular formula is C52H50B2O4. The van der Waals surface area contributed by atoms with Crippen LogP contribution in [0, 0.1) is 0 Å². The Bertz CT molecular complexity index is 2620. The second-order valence-electron chi connectivity index (χ2n) is 19.7. The van der Waals surface area contributed by atoms with E-state index >= 15 is 0 Å². The second-order valence-corrected chi connectivity index (χ2v) is 19.7. The highest BCUT2D eigenvalue weighted by atomic mass is 16.7. The molecule has 4 nitrogen and oxygen atoms in total. The van der Waals surface area contributed by atoms with Gasteiger partial charge in [-0.25, -0.2) is 0 Å². The minimum Gasteiger partial charge on any atom is -0.399 e. The Morgan fingerprint density at radius 1 is 0.310 bits per heavy atom. The predicted octanol–water partition coefficient (Wildman–Crippen LogP) is 10.6. The topological polar surface area (TPSA) is 36.9 Å². The van der Waals surface area contributed by atoms with Gasteiger partial charge in [-0.3, -0.25) is 0 Å². The molecular weight excluding hydrogens is 710 g/mol. The summed E-state index contributed by atoms with van der Waals surface area (Å²) >= 11 is 0. The lowest BCUT2D eigenvalue weighted by molar-refractivity contribution is 0.00578. The van der Waals surface area contributed by atoms with Gasteiger partial charge in [0.1, 0.15) is 0 Å². The predicted molar refractivity (Wildman–Crippen MR) is 237 cm³/mol. The van der Waals surface area contributed by atoms with Crippen LogP contribution in [0.15, 0.2) is 121 Å². The van der Waals surface area contributed by atoms with Crippen molar-refractivity contribution in [1.29, 1.82) is 0 Å². The summed E-state index contributed by atoms with van der Waals surface area (Å²) in [6.07, 6.45) is 0. The lowest BCUT2D eigenvalue weighted by atomic mass is 9.62. The summed E-state index contributed by atoms with van der Waals surface area (Å²) in [5.74, 6) is 0. The fourth-order valence-corrected chi connectivity index (χ4v) is 10.6. The number of benzene rings is 6. The van der Waals surface area contributed by atoms with Crippen LogP contribution in [0.2, 0.25) is 0 Å². The van der Waals surface area contributed by atoms with Crippen molar-refractivity contribution in [2.45, 2.75) is 102 Å². The molecule has 0 atom stereocenters. The highest BCUT2D eigenvalue weighted by Gasteiger charge is 2.56. The lowest BCUT2D eigenvalue weighted by Crippen LogP contribution is -2.41. The molecule has 0 N–H and O–H groups in total. The third-order valence-electron chi connectivity index (χ3n) is 15.2. The van der Waals surface area contributed by atoms with Crippen LogP contribution in [0.1, 0.15) is 103 Å². The largest absolute Gasteiger partial charge is 0.494 e. The molecule has 58 heavy (non-hydrogen) atoms. The van der Waals surface area contributed by atoms with Crippen LogP contribution in [0.3, 0.4) is 0 Å². The average Bonchev–Trinajstić information content (AvgIpc) is 3.75. The Labute approximate surface area is 344 Å². The molecule has 288 valence electrons. The fourth-order valence-electron chi connectivity index (χ4n) is 10.6. The Balaban J connectivity index is 1.28. The van der Waals surface area contributed by atoms with E-state index < -0.39 is 42.1 Å². The first-order valence-corrected chi connectivity index (χ1v) is 20.9. The van der Waals surface area contributed by atoms with Crippen LogP contribution < -0.4 is 10.9 Å². The normalized spacial score (nSPS) is 21.1. The number of fused-ring (bicyclic) bond motifs is 15. The summed E-state index contributed by atoms with van der Waals surface area (Å²) < 4.78 is 27.2. The zero-order valence-corrected chi connectivity index (χ0v) is 35.3. The minimum atomic E-state index is -0.731. The maximum atomic E-state index is 6.79. The smallest absolute Gasteiger partial charge is 0.399 e. The molecule has 0 aromatic heterocycles. The molecule has 2 heterocycles. The lowest BCUT2D eigenvalue weighted by Gasteiger charge is -2.36. The van der Waals surface area contributed by atoms with Gasteiger partial charge >= 0.3 is 14.2 Å². The molecule has 0 amide bonds. The molecule has 2 saturated heterocycles. The van der Waals surface area contributed by atoms with E-state index in [1.54, 1.807) is 0 Å². The Morgan fingerprint density at radius 3 is 1.14 bits per heavy atom.